The van der Waals surface area contributed by atoms with Gasteiger partial charge in [0, 0.05) is 63.1 Å². The second-order valence-corrected chi connectivity index (χ2v) is 10.8. The first-order valence-electron chi connectivity index (χ1n) is 13.4. The number of para-hydroxylation sites is 1. The molecule has 2 aliphatic rings. The van der Waals surface area contributed by atoms with Crippen LogP contribution in [0.15, 0.2) is 66.5 Å². The molecule has 1 aliphatic heterocycles. The Bertz CT molecular complexity index is 1430. The van der Waals surface area contributed by atoms with E-state index in [1.807, 2.05) is 57.4 Å². The number of benzene rings is 1. The highest BCUT2D eigenvalue weighted by Gasteiger charge is 2.45. The molecule has 1 aromatic carbocycles. The van der Waals surface area contributed by atoms with Gasteiger partial charge in [0.1, 0.15) is 11.5 Å². The highest BCUT2D eigenvalue weighted by atomic mass is 19.2. The van der Waals surface area contributed by atoms with E-state index in [2.05, 4.69) is 20.6 Å². The van der Waals surface area contributed by atoms with E-state index in [4.69, 9.17) is 9.84 Å². The molecule has 2 amide bonds. The Kier molecular flexibility index (Phi) is 7.86. The van der Waals surface area contributed by atoms with Crippen LogP contribution < -0.4 is 10.6 Å². The SMILES string of the molecule is COCCN1CC(NC(=O)Nc2c(C)c(-c3cnn(C)c3)nn2-c2ccccc2)[C@H](C2(C)C=C(F)C(F)=CC2)C1. The van der Waals surface area contributed by atoms with Crippen molar-refractivity contribution in [3.05, 3.63) is 72.1 Å². The van der Waals surface area contributed by atoms with Gasteiger partial charge in [-0.1, -0.05) is 25.1 Å². The maximum atomic E-state index is 14.4. The number of hydrogen-bond donors (Lipinski definition) is 2. The van der Waals surface area contributed by atoms with Crippen molar-refractivity contribution in [1.29, 1.82) is 0 Å². The van der Waals surface area contributed by atoms with Crippen molar-refractivity contribution >= 4 is 11.8 Å². The van der Waals surface area contributed by atoms with Gasteiger partial charge in [0.2, 0.25) is 0 Å². The fourth-order valence-electron chi connectivity index (χ4n) is 5.71. The average molecular weight is 552 g/mol. The largest absolute Gasteiger partial charge is 0.383 e. The topological polar surface area (TPSA) is 89.2 Å². The number of ether oxygens (including phenoxy) is 1. The highest BCUT2D eigenvalue weighted by Crippen LogP contribution is 2.44. The number of allylic oxidation sites excluding steroid dienone is 4. The molecule has 2 N–H and O–H groups in total. The Hall–Kier alpha value is -3.83. The number of methoxy groups -OCH3 is 1. The van der Waals surface area contributed by atoms with Crippen LogP contribution in [0.1, 0.15) is 18.9 Å². The van der Waals surface area contributed by atoms with E-state index in [0.29, 0.717) is 44.2 Å². The fourth-order valence-corrected chi connectivity index (χ4v) is 5.71. The molecule has 9 nitrogen and oxygen atoms in total. The van der Waals surface area contributed by atoms with Gasteiger partial charge in [-0.05, 0) is 43.0 Å². The summed E-state index contributed by atoms with van der Waals surface area (Å²) in [7, 11) is 3.48. The molecular formula is C29H35F2N7O2. The predicted octanol–water partition coefficient (Wildman–Crippen LogP) is 4.77. The van der Waals surface area contributed by atoms with Crippen molar-refractivity contribution in [2.45, 2.75) is 26.3 Å². The summed E-state index contributed by atoms with van der Waals surface area (Å²) in [6, 6.07) is 8.88. The van der Waals surface area contributed by atoms with Crippen molar-refractivity contribution in [1.82, 2.24) is 29.8 Å². The summed E-state index contributed by atoms with van der Waals surface area (Å²) >= 11 is 0. The zero-order valence-electron chi connectivity index (χ0n) is 23.2. The first-order chi connectivity index (χ1) is 19.2. The number of urea groups is 1. The van der Waals surface area contributed by atoms with E-state index < -0.39 is 23.1 Å². The average Bonchev–Trinajstić information content (AvgIpc) is 3.63. The monoisotopic (exact) mass is 551 g/mol. The molecule has 0 bridgehead atoms. The van der Waals surface area contributed by atoms with Crippen molar-refractivity contribution in [2.24, 2.45) is 18.4 Å². The number of aromatic nitrogens is 4. The number of rotatable bonds is 8. The van der Waals surface area contributed by atoms with Crippen LogP contribution in [0.2, 0.25) is 0 Å². The number of anilines is 1. The number of carbonyl (C=O) groups is 1. The number of aryl methyl sites for hydroxylation is 1. The van der Waals surface area contributed by atoms with Gasteiger partial charge in [-0.2, -0.15) is 10.2 Å². The quantitative estimate of drug-likeness (QED) is 0.421. The number of carbonyl (C=O) groups excluding carboxylic acids is 1. The Labute approximate surface area is 232 Å². The van der Waals surface area contributed by atoms with E-state index in [-0.39, 0.29) is 12.0 Å². The second kappa shape index (κ2) is 11.3. The molecule has 3 heterocycles. The van der Waals surface area contributed by atoms with Gasteiger partial charge < -0.3 is 10.1 Å². The Morgan fingerprint density at radius 2 is 1.98 bits per heavy atom. The van der Waals surface area contributed by atoms with E-state index in [1.165, 1.54) is 12.2 Å². The van der Waals surface area contributed by atoms with Crippen LogP contribution in [0.3, 0.4) is 0 Å². The van der Waals surface area contributed by atoms with E-state index in [0.717, 1.165) is 16.8 Å². The second-order valence-electron chi connectivity index (χ2n) is 10.8. The lowest BCUT2D eigenvalue weighted by atomic mass is 9.70. The maximum Gasteiger partial charge on any atom is 0.320 e. The summed E-state index contributed by atoms with van der Waals surface area (Å²) in [5, 5.41) is 15.2. The summed E-state index contributed by atoms with van der Waals surface area (Å²) in [5.41, 5.74) is 2.48. The molecule has 0 radical (unpaired) electrons. The molecule has 1 fully saturated rings. The molecule has 11 heteroatoms. The number of hydrogen-bond acceptors (Lipinski definition) is 5. The lowest BCUT2D eigenvalue weighted by Gasteiger charge is -2.37. The molecule has 2 aromatic heterocycles. The van der Waals surface area contributed by atoms with Gasteiger partial charge in [-0.15, -0.1) is 0 Å². The van der Waals surface area contributed by atoms with Crippen molar-refractivity contribution < 1.29 is 18.3 Å². The highest BCUT2D eigenvalue weighted by molar-refractivity contribution is 5.91. The zero-order chi connectivity index (χ0) is 28.4. The first-order valence-corrected chi connectivity index (χ1v) is 13.4. The van der Waals surface area contributed by atoms with Crippen LogP contribution in [0.4, 0.5) is 19.4 Å². The van der Waals surface area contributed by atoms with E-state index >= 15 is 0 Å². The van der Waals surface area contributed by atoms with Crippen LogP contribution >= 0.6 is 0 Å². The van der Waals surface area contributed by atoms with Crippen LogP contribution in [0.25, 0.3) is 16.9 Å². The smallest absolute Gasteiger partial charge is 0.320 e. The maximum absolute atomic E-state index is 14.4. The van der Waals surface area contributed by atoms with Gasteiger partial charge in [-0.25, -0.2) is 18.3 Å². The normalized spacial score (nSPS) is 23.1. The third kappa shape index (κ3) is 5.57. The van der Waals surface area contributed by atoms with Crippen molar-refractivity contribution in [2.75, 3.05) is 38.7 Å². The lowest BCUT2D eigenvalue weighted by molar-refractivity contribution is 0.152. The van der Waals surface area contributed by atoms with Crippen LogP contribution in [-0.4, -0.2) is 69.9 Å². The number of nitrogens with zero attached hydrogens (tertiary/aromatic N) is 5. The first kappa shape index (κ1) is 27.7. The summed E-state index contributed by atoms with van der Waals surface area (Å²) in [6.45, 7) is 6.22. The minimum Gasteiger partial charge on any atom is -0.383 e. The van der Waals surface area contributed by atoms with Gasteiger partial charge in [0.15, 0.2) is 11.7 Å². The molecule has 1 aliphatic carbocycles. The van der Waals surface area contributed by atoms with Gasteiger partial charge in [-0.3, -0.25) is 14.9 Å². The van der Waals surface area contributed by atoms with Crippen LogP contribution in [-0.2, 0) is 11.8 Å². The number of halogens is 2. The summed E-state index contributed by atoms with van der Waals surface area (Å²) in [5.74, 6) is -1.29. The van der Waals surface area contributed by atoms with Gasteiger partial charge in [0.05, 0.1) is 18.5 Å². The third-order valence-corrected chi connectivity index (χ3v) is 7.91. The summed E-state index contributed by atoms with van der Waals surface area (Å²) < 4.78 is 36.9. The minimum atomic E-state index is -0.849. The van der Waals surface area contributed by atoms with Gasteiger partial charge in [0.25, 0.3) is 0 Å². The van der Waals surface area contributed by atoms with Crippen LogP contribution in [0.5, 0.6) is 0 Å². The lowest BCUT2D eigenvalue weighted by Crippen LogP contribution is -2.47. The molecule has 40 heavy (non-hydrogen) atoms. The fraction of sp³-hybridized carbons (Fsp3) is 0.414. The third-order valence-electron chi connectivity index (χ3n) is 7.91. The number of amides is 2. The molecule has 5 rings (SSSR count). The van der Waals surface area contributed by atoms with Crippen molar-refractivity contribution in [3.63, 3.8) is 0 Å². The molecule has 1 saturated heterocycles. The predicted molar refractivity (Wildman–Crippen MR) is 149 cm³/mol. The van der Waals surface area contributed by atoms with Crippen molar-refractivity contribution in [3.8, 4) is 16.9 Å². The molecule has 3 aromatic rings. The molecule has 2 unspecified atom stereocenters. The standard InChI is InChI=1S/C29H35F2N7O2/c1-19-26(20-15-32-36(3)16-20)35-38(21-8-6-5-7-9-21)27(19)34-28(39)33-25-18-37(12-13-40-4)17-22(25)29(2)11-10-23(30)24(31)14-29/h5-10,14-16,22,25H,11-13,17-18H2,1-4H3,(H2,33,34,39)/t22-,25?,29?/m1/s1. The summed E-state index contributed by atoms with van der Waals surface area (Å²) in [6.07, 6.45) is 6.63. The molecule has 212 valence electrons. The Morgan fingerprint density at radius 1 is 1.20 bits per heavy atom. The van der Waals surface area contributed by atoms with E-state index in [9.17, 15) is 13.6 Å². The van der Waals surface area contributed by atoms with Gasteiger partial charge >= 0.3 is 6.03 Å². The minimum absolute atomic E-state index is 0.142. The van der Waals surface area contributed by atoms with Crippen LogP contribution in [0, 0.1) is 18.3 Å². The Morgan fingerprint density at radius 3 is 2.65 bits per heavy atom. The zero-order valence-corrected chi connectivity index (χ0v) is 23.2. The molecule has 0 saturated carbocycles. The molecular weight excluding hydrogens is 516 g/mol. The number of nitrogens with one attached hydrogen (secondary N) is 2. The summed E-state index contributed by atoms with van der Waals surface area (Å²) in [4.78, 5) is 15.7. The molecule has 0 spiro atoms. The van der Waals surface area contributed by atoms with E-state index in [1.54, 1.807) is 22.7 Å². The Balaban J connectivity index is 1.42. The molecule has 3 atom stereocenters. The number of likely N-dealkylation sites (tertiary alicyclic amines) is 1.